The quantitative estimate of drug-likeness (QED) is 0.822. The summed E-state index contributed by atoms with van der Waals surface area (Å²) in [6, 6.07) is 3.59. The van der Waals surface area contributed by atoms with Crippen LogP contribution in [0.25, 0.3) is 0 Å². The molecule has 0 aliphatic rings. The third-order valence-corrected chi connectivity index (χ3v) is 3.49. The molecule has 0 radical (unpaired) electrons. The molecule has 1 rings (SSSR count). The highest BCUT2D eigenvalue weighted by atomic mass is 32.1. The number of hydrogen-bond acceptors (Lipinski definition) is 3. The van der Waals surface area contributed by atoms with Crippen molar-refractivity contribution in [1.82, 2.24) is 10.6 Å². The lowest BCUT2D eigenvalue weighted by Gasteiger charge is -2.20. The SMILES string of the molecule is CC(=O)NC(C(=O)NCCc1cccs1)C(C)C. The molecule has 0 saturated carbocycles. The Morgan fingerprint density at radius 3 is 2.61 bits per heavy atom. The van der Waals surface area contributed by atoms with Crippen LogP contribution >= 0.6 is 11.3 Å². The van der Waals surface area contributed by atoms with Gasteiger partial charge >= 0.3 is 0 Å². The van der Waals surface area contributed by atoms with Gasteiger partial charge in [-0.15, -0.1) is 11.3 Å². The van der Waals surface area contributed by atoms with Crippen molar-refractivity contribution in [2.45, 2.75) is 33.2 Å². The lowest BCUT2D eigenvalue weighted by atomic mass is 10.0. The zero-order chi connectivity index (χ0) is 13.5. The van der Waals surface area contributed by atoms with Gasteiger partial charge in [-0.3, -0.25) is 9.59 Å². The van der Waals surface area contributed by atoms with E-state index in [2.05, 4.69) is 10.6 Å². The second kappa shape index (κ2) is 7.16. The molecule has 18 heavy (non-hydrogen) atoms. The molecular weight excluding hydrogens is 248 g/mol. The van der Waals surface area contributed by atoms with Crippen molar-refractivity contribution in [2.24, 2.45) is 5.92 Å². The third-order valence-electron chi connectivity index (χ3n) is 2.56. The zero-order valence-corrected chi connectivity index (χ0v) is 11.8. The van der Waals surface area contributed by atoms with Crippen molar-refractivity contribution in [2.75, 3.05) is 6.54 Å². The molecule has 1 unspecified atom stereocenters. The Morgan fingerprint density at radius 2 is 2.11 bits per heavy atom. The van der Waals surface area contributed by atoms with Gasteiger partial charge in [0.1, 0.15) is 6.04 Å². The highest BCUT2D eigenvalue weighted by Gasteiger charge is 2.22. The predicted molar refractivity (Wildman–Crippen MR) is 73.5 cm³/mol. The van der Waals surface area contributed by atoms with Crippen molar-refractivity contribution in [1.29, 1.82) is 0 Å². The van der Waals surface area contributed by atoms with Crippen LogP contribution < -0.4 is 10.6 Å². The fraction of sp³-hybridized carbons (Fsp3) is 0.538. The number of thiophene rings is 1. The smallest absolute Gasteiger partial charge is 0.242 e. The molecule has 0 aromatic carbocycles. The Labute approximate surface area is 112 Å². The molecule has 0 aliphatic heterocycles. The van der Waals surface area contributed by atoms with Gasteiger partial charge in [0.05, 0.1) is 0 Å². The van der Waals surface area contributed by atoms with Gasteiger partial charge in [-0.2, -0.15) is 0 Å². The fourth-order valence-electron chi connectivity index (χ4n) is 1.63. The van der Waals surface area contributed by atoms with Gasteiger partial charge < -0.3 is 10.6 Å². The average molecular weight is 268 g/mol. The molecule has 0 bridgehead atoms. The summed E-state index contributed by atoms with van der Waals surface area (Å²) in [6.45, 7) is 5.86. The van der Waals surface area contributed by atoms with Gasteiger partial charge in [0.25, 0.3) is 0 Å². The highest BCUT2D eigenvalue weighted by Crippen LogP contribution is 2.08. The average Bonchev–Trinajstić information content (AvgIpc) is 2.78. The molecule has 1 heterocycles. The first-order chi connectivity index (χ1) is 8.50. The predicted octanol–water partition coefficient (Wildman–Crippen LogP) is 1.57. The van der Waals surface area contributed by atoms with Crippen molar-refractivity contribution in [3.05, 3.63) is 22.4 Å². The lowest BCUT2D eigenvalue weighted by molar-refractivity contribution is -0.129. The van der Waals surface area contributed by atoms with Gasteiger partial charge in [-0.05, 0) is 23.8 Å². The van der Waals surface area contributed by atoms with E-state index in [-0.39, 0.29) is 17.7 Å². The van der Waals surface area contributed by atoms with Gasteiger partial charge in [-0.25, -0.2) is 0 Å². The monoisotopic (exact) mass is 268 g/mol. The van der Waals surface area contributed by atoms with E-state index >= 15 is 0 Å². The van der Waals surface area contributed by atoms with E-state index in [4.69, 9.17) is 0 Å². The van der Waals surface area contributed by atoms with Crippen LogP contribution in [0.2, 0.25) is 0 Å². The lowest BCUT2D eigenvalue weighted by Crippen LogP contribution is -2.49. The summed E-state index contributed by atoms with van der Waals surface area (Å²) in [7, 11) is 0. The molecular formula is C13H20N2O2S. The molecule has 0 saturated heterocycles. The van der Waals surface area contributed by atoms with Crippen LogP contribution in [-0.2, 0) is 16.0 Å². The topological polar surface area (TPSA) is 58.2 Å². The van der Waals surface area contributed by atoms with Crippen molar-refractivity contribution in [3.63, 3.8) is 0 Å². The summed E-state index contributed by atoms with van der Waals surface area (Å²) < 4.78 is 0. The number of nitrogens with one attached hydrogen (secondary N) is 2. The van der Waals surface area contributed by atoms with E-state index in [0.29, 0.717) is 6.54 Å². The molecule has 0 fully saturated rings. The zero-order valence-electron chi connectivity index (χ0n) is 11.0. The Bertz CT molecular complexity index is 388. The van der Waals surface area contributed by atoms with Gasteiger partial charge in [-0.1, -0.05) is 19.9 Å². The van der Waals surface area contributed by atoms with E-state index in [1.54, 1.807) is 11.3 Å². The molecule has 1 aromatic rings. The molecule has 2 amide bonds. The first-order valence-electron chi connectivity index (χ1n) is 6.08. The summed E-state index contributed by atoms with van der Waals surface area (Å²) in [5.41, 5.74) is 0. The van der Waals surface area contributed by atoms with Crippen LogP contribution in [0.15, 0.2) is 17.5 Å². The Balaban J connectivity index is 2.39. The molecule has 4 nitrogen and oxygen atoms in total. The van der Waals surface area contributed by atoms with Crippen LogP contribution in [0.5, 0.6) is 0 Å². The fourth-order valence-corrected chi connectivity index (χ4v) is 2.34. The van der Waals surface area contributed by atoms with Crippen LogP contribution in [0.4, 0.5) is 0 Å². The van der Waals surface area contributed by atoms with Crippen molar-refractivity contribution in [3.8, 4) is 0 Å². The molecule has 100 valence electrons. The second-order valence-electron chi connectivity index (χ2n) is 4.54. The van der Waals surface area contributed by atoms with E-state index in [1.165, 1.54) is 11.8 Å². The standard InChI is InChI=1S/C13H20N2O2S/c1-9(2)12(15-10(3)16)13(17)14-7-6-11-5-4-8-18-11/h4-5,8-9,12H,6-7H2,1-3H3,(H,14,17)(H,15,16). The van der Waals surface area contributed by atoms with E-state index in [1.807, 2.05) is 31.4 Å². The van der Waals surface area contributed by atoms with Gasteiger partial charge in [0, 0.05) is 18.3 Å². The summed E-state index contributed by atoms with van der Waals surface area (Å²) >= 11 is 1.68. The van der Waals surface area contributed by atoms with E-state index < -0.39 is 6.04 Å². The molecule has 1 aromatic heterocycles. The minimum atomic E-state index is -0.453. The first-order valence-corrected chi connectivity index (χ1v) is 6.96. The molecule has 0 spiro atoms. The molecule has 2 N–H and O–H groups in total. The van der Waals surface area contributed by atoms with Crippen molar-refractivity contribution < 1.29 is 9.59 Å². The maximum absolute atomic E-state index is 11.9. The number of hydrogen-bond donors (Lipinski definition) is 2. The third kappa shape index (κ3) is 4.87. The minimum absolute atomic E-state index is 0.0793. The molecule has 0 aliphatic carbocycles. The largest absolute Gasteiger partial charge is 0.354 e. The molecule has 5 heteroatoms. The summed E-state index contributed by atoms with van der Waals surface area (Å²) in [6.07, 6.45) is 0.828. The summed E-state index contributed by atoms with van der Waals surface area (Å²) in [5, 5.41) is 7.55. The van der Waals surface area contributed by atoms with Crippen LogP contribution in [0.1, 0.15) is 25.6 Å². The van der Waals surface area contributed by atoms with Gasteiger partial charge in [0.15, 0.2) is 0 Å². The normalized spacial score (nSPS) is 12.2. The number of rotatable bonds is 6. The van der Waals surface area contributed by atoms with Crippen LogP contribution in [0.3, 0.4) is 0 Å². The van der Waals surface area contributed by atoms with Crippen LogP contribution in [0, 0.1) is 5.92 Å². The maximum atomic E-state index is 11.9. The summed E-state index contributed by atoms with van der Waals surface area (Å²) in [4.78, 5) is 24.2. The number of carbonyl (C=O) groups is 2. The number of carbonyl (C=O) groups excluding carboxylic acids is 2. The minimum Gasteiger partial charge on any atom is -0.354 e. The van der Waals surface area contributed by atoms with E-state index in [0.717, 1.165) is 6.42 Å². The van der Waals surface area contributed by atoms with Gasteiger partial charge in [0.2, 0.25) is 11.8 Å². The Kier molecular flexibility index (Phi) is 5.85. The summed E-state index contributed by atoms with van der Waals surface area (Å²) in [5.74, 6) is -0.213. The maximum Gasteiger partial charge on any atom is 0.242 e. The first kappa shape index (κ1) is 14.7. The Morgan fingerprint density at radius 1 is 1.39 bits per heavy atom. The van der Waals surface area contributed by atoms with E-state index in [9.17, 15) is 9.59 Å². The van der Waals surface area contributed by atoms with Crippen LogP contribution in [-0.4, -0.2) is 24.4 Å². The number of amides is 2. The van der Waals surface area contributed by atoms with Crippen molar-refractivity contribution >= 4 is 23.2 Å². The Hall–Kier alpha value is -1.36. The molecule has 1 atom stereocenters. The second-order valence-corrected chi connectivity index (χ2v) is 5.57. The highest BCUT2D eigenvalue weighted by molar-refractivity contribution is 7.09.